The molecule has 0 aliphatic rings. The molecule has 0 fully saturated rings. The van der Waals surface area contributed by atoms with Gasteiger partial charge in [0, 0.05) is 0 Å². The van der Waals surface area contributed by atoms with Crippen molar-refractivity contribution in [2.75, 3.05) is 13.7 Å². The fourth-order valence-electron chi connectivity index (χ4n) is 4.38. The molecule has 10 nitrogen and oxygen atoms in total. The number of methoxy groups -OCH3 is 1. The molecule has 3 aromatic heterocycles. The van der Waals surface area contributed by atoms with Crippen LogP contribution in [-0.4, -0.2) is 50.4 Å². The van der Waals surface area contributed by atoms with Crippen molar-refractivity contribution in [3.05, 3.63) is 70.3 Å². The zero-order valence-electron chi connectivity index (χ0n) is 21.5. The topological polar surface area (TPSA) is 135 Å². The molecule has 5 rings (SSSR count). The van der Waals surface area contributed by atoms with Crippen molar-refractivity contribution in [2.45, 2.75) is 26.1 Å². The third kappa shape index (κ3) is 4.57. The van der Waals surface area contributed by atoms with Crippen molar-refractivity contribution in [2.24, 2.45) is 5.92 Å². The van der Waals surface area contributed by atoms with Crippen molar-refractivity contribution in [1.29, 1.82) is 0 Å². The normalized spacial score (nSPS) is 12.8. The molecule has 0 bridgehead atoms. The summed E-state index contributed by atoms with van der Waals surface area (Å²) >= 11 is 0. The number of aromatic amines is 1. The van der Waals surface area contributed by atoms with Gasteiger partial charge in [-0.3, -0.25) is 9.59 Å². The number of oxazole rings is 1. The van der Waals surface area contributed by atoms with Gasteiger partial charge in [-0.05, 0) is 23.6 Å². The van der Waals surface area contributed by atoms with Crippen molar-refractivity contribution >= 4 is 22.7 Å². The van der Waals surface area contributed by atoms with Crippen LogP contribution in [0, 0.1) is 5.92 Å². The van der Waals surface area contributed by atoms with Crippen LogP contribution in [-0.2, 0) is 6.18 Å². The predicted octanol–water partition coefficient (Wildman–Crippen LogP) is 4.27. The van der Waals surface area contributed by atoms with Gasteiger partial charge in [0.05, 0.1) is 25.3 Å². The molecule has 1 atom stereocenters. The summed E-state index contributed by atoms with van der Waals surface area (Å²) in [6, 6.07) is 11.7. The van der Waals surface area contributed by atoms with Crippen LogP contribution >= 0.6 is 0 Å². The van der Waals surface area contributed by atoms with Gasteiger partial charge >= 0.3 is 6.18 Å². The third-order valence-electron chi connectivity index (χ3n) is 6.48. The van der Waals surface area contributed by atoms with Crippen molar-refractivity contribution < 1.29 is 32.2 Å². The van der Waals surface area contributed by atoms with Crippen LogP contribution in [0.15, 0.2) is 57.7 Å². The number of nitrogens with one attached hydrogen (secondary N) is 2. The fraction of sp³-hybridized carbons (Fsp3) is 0.259. The summed E-state index contributed by atoms with van der Waals surface area (Å²) in [6.07, 6.45) is -4.93. The first-order valence-electron chi connectivity index (χ1n) is 12.2. The lowest BCUT2D eigenvalue weighted by Crippen LogP contribution is -2.42. The van der Waals surface area contributed by atoms with Gasteiger partial charge in [-0.1, -0.05) is 50.2 Å². The molecule has 5 aromatic rings. The molecule has 0 spiro atoms. The smallest absolute Gasteiger partial charge is 0.435 e. The number of H-pyrrole nitrogens is 1. The van der Waals surface area contributed by atoms with E-state index < -0.39 is 52.8 Å². The summed E-state index contributed by atoms with van der Waals surface area (Å²) in [6.45, 7) is 3.12. The molecule has 3 heterocycles. The van der Waals surface area contributed by atoms with E-state index in [4.69, 9.17) is 9.15 Å². The number of hydrogen-bond donors (Lipinski definition) is 3. The van der Waals surface area contributed by atoms with E-state index in [9.17, 15) is 27.9 Å². The highest BCUT2D eigenvalue weighted by atomic mass is 19.4. The summed E-state index contributed by atoms with van der Waals surface area (Å²) < 4.78 is 54.1. The van der Waals surface area contributed by atoms with E-state index in [-0.39, 0.29) is 34.1 Å². The number of aliphatic hydroxyl groups excluding tert-OH is 1. The lowest BCUT2D eigenvalue weighted by molar-refractivity contribution is -0.140. The van der Waals surface area contributed by atoms with Crippen LogP contribution in [0.25, 0.3) is 39.3 Å². The highest BCUT2D eigenvalue weighted by molar-refractivity contribution is 6.00. The van der Waals surface area contributed by atoms with Gasteiger partial charge in [-0.15, -0.1) is 0 Å². The largest absolute Gasteiger partial charge is 0.494 e. The number of para-hydroxylation sites is 1. The molecule has 0 aliphatic heterocycles. The van der Waals surface area contributed by atoms with Gasteiger partial charge in [0.15, 0.2) is 16.8 Å². The molecule has 3 N–H and O–H groups in total. The van der Waals surface area contributed by atoms with Crippen molar-refractivity contribution in [3.63, 3.8) is 0 Å². The first-order valence-corrected chi connectivity index (χ1v) is 12.2. The van der Waals surface area contributed by atoms with Gasteiger partial charge in [-0.25, -0.2) is 4.98 Å². The second kappa shape index (κ2) is 10.2. The maximum absolute atomic E-state index is 14.2. The Labute approximate surface area is 224 Å². The molecule has 0 radical (unpaired) electrons. The summed E-state index contributed by atoms with van der Waals surface area (Å²) in [4.78, 5) is 34.5. The minimum atomic E-state index is -4.93. The SMILES string of the molecule is COc1cccc2oc(-c3c(C(=O)N[C@H](CO)C(C)C)[nH]c4c(-c5ccccc5)c(C(F)(F)F)nn4c3=O)nc12. The number of carbonyl (C=O) groups excluding carboxylic acids is 1. The molecular weight excluding hydrogens is 531 g/mol. The molecular formula is C27H24F3N5O5. The quantitative estimate of drug-likeness (QED) is 0.273. The number of ether oxygens (including phenoxy) is 1. The average Bonchev–Trinajstić information content (AvgIpc) is 3.53. The lowest BCUT2D eigenvalue weighted by atomic mass is 10.0. The van der Waals surface area contributed by atoms with Gasteiger partial charge in [0.2, 0.25) is 5.89 Å². The van der Waals surface area contributed by atoms with E-state index in [1.54, 1.807) is 50.2 Å². The molecule has 208 valence electrons. The number of fused-ring (bicyclic) bond motifs is 2. The second-order valence-corrected chi connectivity index (χ2v) is 9.36. The van der Waals surface area contributed by atoms with E-state index in [2.05, 4.69) is 20.4 Å². The minimum Gasteiger partial charge on any atom is -0.494 e. The fourth-order valence-corrected chi connectivity index (χ4v) is 4.38. The van der Waals surface area contributed by atoms with E-state index >= 15 is 0 Å². The Morgan fingerprint density at radius 3 is 2.50 bits per heavy atom. The Balaban J connectivity index is 1.86. The number of halogens is 3. The Morgan fingerprint density at radius 2 is 1.88 bits per heavy atom. The highest BCUT2D eigenvalue weighted by Gasteiger charge is 2.40. The zero-order valence-corrected chi connectivity index (χ0v) is 21.5. The van der Waals surface area contributed by atoms with Gasteiger partial charge < -0.3 is 24.6 Å². The number of rotatable bonds is 7. The number of carbonyl (C=O) groups is 1. The maximum Gasteiger partial charge on any atom is 0.435 e. The molecule has 13 heteroatoms. The summed E-state index contributed by atoms with van der Waals surface area (Å²) in [7, 11) is 1.41. The molecule has 40 heavy (non-hydrogen) atoms. The first-order chi connectivity index (χ1) is 19.0. The average molecular weight is 556 g/mol. The van der Waals surface area contributed by atoms with Crippen molar-refractivity contribution in [3.8, 4) is 28.3 Å². The second-order valence-electron chi connectivity index (χ2n) is 9.36. The standard InChI is InChI=1S/C27H24F3N5O5/c1-13(2)15(12-36)31-24(37)21-19(25-33-20-16(39-3)10-7-11-17(20)40-25)26(38)35-23(32-21)18(14-8-5-4-6-9-14)22(34-35)27(28,29)30/h4-11,13,15,32,36H,12H2,1-3H3,(H,31,37)/t15-/m1/s1. The van der Waals surface area contributed by atoms with Gasteiger partial charge in [-0.2, -0.15) is 22.8 Å². The number of alkyl halides is 3. The lowest BCUT2D eigenvalue weighted by Gasteiger charge is -2.20. The monoisotopic (exact) mass is 555 g/mol. The number of nitrogens with zero attached hydrogens (tertiary/aromatic N) is 3. The number of benzene rings is 2. The Kier molecular flexibility index (Phi) is 6.84. The molecule has 0 saturated heterocycles. The summed E-state index contributed by atoms with van der Waals surface area (Å²) in [5, 5.41) is 16.0. The first kappa shape index (κ1) is 26.9. The molecule has 0 aliphatic carbocycles. The van der Waals surface area contributed by atoms with E-state index in [1.165, 1.54) is 19.2 Å². The summed E-state index contributed by atoms with van der Waals surface area (Å²) in [5.41, 5.74) is -3.41. The van der Waals surface area contributed by atoms with E-state index in [1.807, 2.05) is 0 Å². The Hall–Kier alpha value is -4.65. The van der Waals surface area contributed by atoms with E-state index in [0.717, 1.165) is 0 Å². The molecule has 0 saturated carbocycles. The predicted molar refractivity (Wildman–Crippen MR) is 139 cm³/mol. The van der Waals surface area contributed by atoms with E-state index in [0.29, 0.717) is 10.3 Å². The zero-order chi connectivity index (χ0) is 28.8. The van der Waals surface area contributed by atoms with Gasteiger partial charge in [0.1, 0.15) is 22.7 Å². The number of aliphatic hydroxyl groups is 1. The Bertz CT molecular complexity index is 1770. The van der Waals surface area contributed by atoms with Crippen LogP contribution in [0.1, 0.15) is 30.0 Å². The number of amides is 1. The van der Waals surface area contributed by atoms with Crippen molar-refractivity contribution in [1.82, 2.24) is 24.9 Å². The third-order valence-corrected chi connectivity index (χ3v) is 6.48. The Morgan fingerprint density at radius 1 is 1.15 bits per heavy atom. The molecule has 2 aromatic carbocycles. The molecule has 1 amide bonds. The number of aromatic nitrogens is 4. The summed E-state index contributed by atoms with van der Waals surface area (Å²) in [5.74, 6) is -1.07. The number of hydrogen-bond acceptors (Lipinski definition) is 7. The minimum absolute atomic E-state index is 0.126. The van der Waals surface area contributed by atoms with Crippen LogP contribution < -0.4 is 15.6 Å². The van der Waals surface area contributed by atoms with Crippen LogP contribution in [0.5, 0.6) is 5.75 Å². The highest BCUT2D eigenvalue weighted by Crippen LogP contribution is 2.39. The maximum atomic E-state index is 14.2. The molecule has 0 unspecified atom stereocenters. The van der Waals surface area contributed by atoms with Crippen LogP contribution in [0.2, 0.25) is 0 Å². The van der Waals surface area contributed by atoms with Crippen LogP contribution in [0.3, 0.4) is 0 Å². The van der Waals surface area contributed by atoms with Gasteiger partial charge in [0.25, 0.3) is 11.5 Å². The van der Waals surface area contributed by atoms with Crippen LogP contribution in [0.4, 0.5) is 13.2 Å².